The van der Waals surface area contributed by atoms with E-state index in [1.807, 2.05) is 0 Å². The van der Waals surface area contributed by atoms with E-state index in [0.717, 1.165) is 0 Å². The van der Waals surface area contributed by atoms with Gasteiger partial charge in [0.05, 0.1) is 19.2 Å². The highest BCUT2D eigenvalue weighted by Crippen LogP contribution is 2.04. The third-order valence-corrected chi connectivity index (χ3v) is 2.11. The fraction of sp³-hybridized carbons (Fsp3) is 0.700. The largest absolute Gasteiger partial charge is 0.395 e. The summed E-state index contributed by atoms with van der Waals surface area (Å²) in [6, 6.07) is -0.693. The first-order chi connectivity index (χ1) is 7.52. The molecule has 4 nitrogen and oxygen atoms in total. The molecule has 0 aliphatic heterocycles. The number of carbonyl (C=O) groups excluding carboxylic acids is 1. The highest BCUT2D eigenvalue weighted by molar-refractivity contribution is 5.81. The van der Waals surface area contributed by atoms with E-state index in [9.17, 15) is 13.6 Å². The maximum atomic E-state index is 12.2. The zero-order valence-electron chi connectivity index (χ0n) is 9.33. The Morgan fingerprint density at radius 2 is 2.25 bits per heavy atom. The Labute approximate surface area is 93.9 Å². The molecule has 0 aliphatic carbocycles. The van der Waals surface area contributed by atoms with Crippen molar-refractivity contribution in [2.75, 3.05) is 26.2 Å². The van der Waals surface area contributed by atoms with Gasteiger partial charge in [0.15, 0.2) is 0 Å². The van der Waals surface area contributed by atoms with Gasteiger partial charge in [-0.25, -0.2) is 8.78 Å². The SMILES string of the molecule is C=CCNC(=O)C(C)N(CCO)CC(F)F. The van der Waals surface area contributed by atoms with Gasteiger partial charge >= 0.3 is 0 Å². The lowest BCUT2D eigenvalue weighted by molar-refractivity contribution is -0.126. The molecule has 1 atom stereocenters. The molecule has 6 heteroatoms. The predicted octanol–water partition coefficient (Wildman–Crippen LogP) is 0.236. The van der Waals surface area contributed by atoms with Crippen molar-refractivity contribution >= 4 is 5.91 Å². The molecule has 0 aromatic heterocycles. The van der Waals surface area contributed by atoms with Crippen LogP contribution in [0.3, 0.4) is 0 Å². The Kier molecular flexibility index (Phi) is 7.66. The Balaban J connectivity index is 4.28. The summed E-state index contributed by atoms with van der Waals surface area (Å²) in [6.07, 6.45) is -1.02. The summed E-state index contributed by atoms with van der Waals surface area (Å²) < 4.78 is 24.4. The maximum absolute atomic E-state index is 12.2. The molecule has 0 bridgehead atoms. The number of hydrogen-bond acceptors (Lipinski definition) is 3. The van der Waals surface area contributed by atoms with E-state index in [0.29, 0.717) is 6.54 Å². The van der Waals surface area contributed by atoms with Crippen molar-refractivity contribution < 1.29 is 18.7 Å². The second-order valence-electron chi connectivity index (χ2n) is 3.32. The first-order valence-corrected chi connectivity index (χ1v) is 5.04. The average Bonchev–Trinajstić information content (AvgIpc) is 2.23. The Morgan fingerprint density at radius 1 is 1.62 bits per heavy atom. The van der Waals surface area contributed by atoms with Crippen molar-refractivity contribution in [2.45, 2.75) is 19.4 Å². The molecule has 2 N–H and O–H groups in total. The molecule has 0 rings (SSSR count). The van der Waals surface area contributed by atoms with Crippen molar-refractivity contribution in [3.63, 3.8) is 0 Å². The monoisotopic (exact) mass is 236 g/mol. The summed E-state index contributed by atoms with van der Waals surface area (Å²) >= 11 is 0. The minimum absolute atomic E-state index is 0.0486. The molecule has 16 heavy (non-hydrogen) atoms. The van der Waals surface area contributed by atoms with E-state index in [-0.39, 0.29) is 19.1 Å². The van der Waals surface area contributed by atoms with Crippen LogP contribution in [0.25, 0.3) is 0 Å². The van der Waals surface area contributed by atoms with E-state index < -0.39 is 19.0 Å². The van der Waals surface area contributed by atoms with Crippen LogP contribution in [0.15, 0.2) is 12.7 Å². The van der Waals surface area contributed by atoms with Crippen LogP contribution in [0.2, 0.25) is 0 Å². The van der Waals surface area contributed by atoms with Crippen molar-refractivity contribution in [1.29, 1.82) is 0 Å². The van der Waals surface area contributed by atoms with Gasteiger partial charge in [-0.05, 0) is 6.92 Å². The fourth-order valence-corrected chi connectivity index (χ4v) is 1.24. The summed E-state index contributed by atoms with van der Waals surface area (Å²) in [6.45, 7) is 4.52. The highest BCUT2D eigenvalue weighted by atomic mass is 19.3. The van der Waals surface area contributed by atoms with E-state index in [4.69, 9.17) is 5.11 Å². The summed E-state index contributed by atoms with van der Waals surface area (Å²) in [4.78, 5) is 12.7. The number of nitrogens with zero attached hydrogens (tertiary/aromatic N) is 1. The number of carbonyl (C=O) groups is 1. The van der Waals surface area contributed by atoms with E-state index in [1.165, 1.54) is 17.9 Å². The molecule has 0 aromatic carbocycles. The number of halogens is 2. The lowest BCUT2D eigenvalue weighted by Gasteiger charge is -2.26. The number of amides is 1. The van der Waals surface area contributed by atoms with Gasteiger partial charge in [0, 0.05) is 13.1 Å². The van der Waals surface area contributed by atoms with E-state index in [1.54, 1.807) is 0 Å². The van der Waals surface area contributed by atoms with Gasteiger partial charge < -0.3 is 10.4 Å². The van der Waals surface area contributed by atoms with Gasteiger partial charge in [-0.3, -0.25) is 9.69 Å². The van der Waals surface area contributed by atoms with Crippen molar-refractivity contribution in [3.05, 3.63) is 12.7 Å². The van der Waals surface area contributed by atoms with Gasteiger partial charge in [0.2, 0.25) is 5.91 Å². The van der Waals surface area contributed by atoms with Crippen LogP contribution in [0.5, 0.6) is 0 Å². The Morgan fingerprint density at radius 3 is 2.69 bits per heavy atom. The van der Waals surface area contributed by atoms with Gasteiger partial charge in [0.1, 0.15) is 0 Å². The van der Waals surface area contributed by atoms with Crippen molar-refractivity contribution in [2.24, 2.45) is 0 Å². The van der Waals surface area contributed by atoms with E-state index >= 15 is 0 Å². The molecule has 1 unspecified atom stereocenters. The summed E-state index contributed by atoms with van der Waals surface area (Å²) in [5.41, 5.74) is 0. The molecule has 0 aromatic rings. The molecular formula is C10H18F2N2O2. The topological polar surface area (TPSA) is 52.6 Å². The second-order valence-corrected chi connectivity index (χ2v) is 3.32. The van der Waals surface area contributed by atoms with Gasteiger partial charge in [-0.2, -0.15) is 0 Å². The standard InChI is InChI=1S/C10H18F2N2O2/c1-3-4-13-10(16)8(2)14(5-6-15)7-9(11)12/h3,8-9,15H,1,4-7H2,2H3,(H,13,16). The molecule has 0 radical (unpaired) electrons. The summed E-state index contributed by atoms with van der Waals surface area (Å²) in [5, 5.41) is 11.2. The number of alkyl halides is 2. The maximum Gasteiger partial charge on any atom is 0.251 e. The third kappa shape index (κ3) is 5.77. The van der Waals surface area contributed by atoms with Crippen LogP contribution in [0.4, 0.5) is 8.78 Å². The average molecular weight is 236 g/mol. The number of aliphatic hydroxyl groups excluding tert-OH is 1. The quantitative estimate of drug-likeness (QED) is 0.593. The van der Waals surface area contributed by atoms with Crippen LogP contribution in [-0.4, -0.2) is 54.6 Å². The lowest BCUT2D eigenvalue weighted by Crippen LogP contribution is -2.47. The highest BCUT2D eigenvalue weighted by Gasteiger charge is 2.22. The van der Waals surface area contributed by atoms with Gasteiger partial charge in [0.25, 0.3) is 6.43 Å². The molecule has 0 fully saturated rings. The smallest absolute Gasteiger partial charge is 0.251 e. The lowest BCUT2D eigenvalue weighted by atomic mass is 10.2. The number of rotatable bonds is 8. The van der Waals surface area contributed by atoms with Crippen LogP contribution in [-0.2, 0) is 4.79 Å². The molecule has 0 heterocycles. The zero-order chi connectivity index (χ0) is 12.6. The Bertz CT molecular complexity index is 225. The molecule has 0 aliphatic rings. The molecule has 1 amide bonds. The molecular weight excluding hydrogens is 218 g/mol. The molecule has 0 saturated carbocycles. The summed E-state index contributed by atoms with van der Waals surface area (Å²) in [5.74, 6) is -0.353. The number of hydrogen-bond donors (Lipinski definition) is 2. The molecule has 0 saturated heterocycles. The third-order valence-electron chi connectivity index (χ3n) is 2.11. The first-order valence-electron chi connectivity index (χ1n) is 5.04. The first kappa shape index (κ1) is 15.0. The van der Waals surface area contributed by atoms with Gasteiger partial charge in [-0.1, -0.05) is 6.08 Å². The molecule has 94 valence electrons. The minimum atomic E-state index is -2.53. The second kappa shape index (κ2) is 8.18. The predicted molar refractivity (Wildman–Crippen MR) is 57.3 cm³/mol. The minimum Gasteiger partial charge on any atom is -0.395 e. The van der Waals surface area contributed by atoms with E-state index in [2.05, 4.69) is 11.9 Å². The number of nitrogens with one attached hydrogen (secondary N) is 1. The summed E-state index contributed by atoms with van der Waals surface area (Å²) in [7, 11) is 0. The Hall–Kier alpha value is -1.01. The van der Waals surface area contributed by atoms with Crippen molar-refractivity contribution in [3.8, 4) is 0 Å². The number of aliphatic hydroxyl groups is 1. The van der Waals surface area contributed by atoms with Gasteiger partial charge in [-0.15, -0.1) is 6.58 Å². The normalized spacial score (nSPS) is 12.9. The molecule has 0 spiro atoms. The van der Waals surface area contributed by atoms with Crippen LogP contribution in [0.1, 0.15) is 6.92 Å². The fourth-order valence-electron chi connectivity index (χ4n) is 1.24. The van der Waals surface area contributed by atoms with Crippen LogP contribution in [0, 0.1) is 0 Å². The van der Waals surface area contributed by atoms with Crippen molar-refractivity contribution in [1.82, 2.24) is 10.2 Å². The van der Waals surface area contributed by atoms with Crippen LogP contribution >= 0.6 is 0 Å². The zero-order valence-corrected chi connectivity index (χ0v) is 9.33. The van der Waals surface area contributed by atoms with Crippen LogP contribution < -0.4 is 5.32 Å².